The summed E-state index contributed by atoms with van der Waals surface area (Å²) in [6.07, 6.45) is 9.21. The van der Waals surface area contributed by atoms with E-state index in [1.54, 1.807) is 6.92 Å². The molecule has 0 aromatic carbocycles. The highest BCUT2D eigenvalue weighted by Crippen LogP contribution is 2.19. The molecule has 0 heterocycles. The molecule has 0 fully saturated rings. The Morgan fingerprint density at radius 3 is 2.00 bits per heavy atom. The van der Waals surface area contributed by atoms with Crippen molar-refractivity contribution in [2.24, 2.45) is 5.92 Å². The van der Waals surface area contributed by atoms with E-state index >= 15 is 0 Å². The second kappa shape index (κ2) is 9.24. The minimum atomic E-state index is -1.81. The van der Waals surface area contributed by atoms with Crippen LogP contribution in [0.15, 0.2) is 0 Å². The third-order valence-electron chi connectivity index (χ3n) is 3.85. The van der Waals surface area contributed by atoms with E-state index < -0.39 is 11.4 Å². The van der Waals surface area contributed by atoms with Gasteiger partial charge < -0.3 is 5.11 Å². The molecule has 0 amide bonds. The van der Waals surface area contributed by atoms with Crippen molar-refractivity contribution in [1.29, 1.82) is 0 Å². The summed E-state index contributed by atoms with van der Waals surface area (Å²) in [5, 5.41) is 9.83. The van der Waals surface area contributed by atoms with Crippen LogP contribution in [0.1, 0.15) is 79.1 Å². The monoisotopic (exact) mass is 270 g/mol. The van der Waals surface area contributed by atoms with Crippen molar-refractivity contribution in [1.82, 2.24) is 0 Å². The Bertz CT molecular complexity index is 282. The van der Waals surface area contributed by atoms with E-state index in [1.807, 2.05) is 0 Å². The van der Waals surface area contributed by atoms with Crippen LogP contribution < -0.4 is 0 Å². The Morgan fingerprint density at radius 1 is 1.05 bits per heavy atom. The molecule has 0 rings (SSSR count). The highest BCUT2D eigenvalue weighted by atomic mass is 16.3. The molecule has 0 spiro atoms. The molecule has 3 nitrogen and oxygen atoms in total. The summed E-state index contributed by atoms with van der Waals surface area (Å²) in [6.45, 7) is 6.57. The second-order valence-corrected chi connectivity index (χ2v) is 5.80. The summed E-state index contributed by atoms with van der Waals surface area (Å²) >= 11 is 0. The van der Waals surface area contributed by atoms with Crippen LogP contribution in [0.5, 0.6) is 0 Å². The molecule has 0 aliphatic heterocycles. The standard InChI is InChI=1S/C16H30O3/c1-5-6-7-8-9-10-11-12-13(2)15(18)16(4,19)14(3)17/h13,19H,5-12H2,1-4H3/t13-,16+/m0/s1. The van der Waals surface area contributed by atoms with Gasteiger partial charge in [-0.2, -0.15) is 0 Å². The average Bonchev–Trinajstić information content (AvgIpc) is 2.36. The van der Waals surface area contributed by atoms with Gasteiger partial charge in [0.1, 0.15) is 0 Å². The van der Waals surface area contributed by atoms with Gasteiger partial charge in [0.25, 0.3) is 0 Å². The maximum Gasteiger partial charge on any atom is 0.178 e. The summed E-state index contributed by atoms with van der Waals surface area (Å²) in [5.74, 6) is -1.05. The van der Waals surface area contributed by atoms with Gasteiger partial charge in [-0.1, -0.05) is 58.8 Å². The zero-order chi connectivity index (χ0) is 14.9. The number of aliphatic hydroxyl groups is 1. The van der Waals surface area contributed by atoms with E-state index in [0.717, 1.165) is 19.3 Å². The molecule has 0 unspecified atom stereocenters. The fraction of sp³-hybridized carbons (Fsp3) is 0.875. The molecule has 19 heavy (non-hydrogen) atoms. The van der Waals surface area contributed by atoms with Crippen LogP contribution in [0.2, 0.25) is 0 Å². The third-order valence-corrected chi connectivity index (χ3v) is 3.85. The SMILES string of the molecule is CCCCCCCCC[C@H](C)C(=O)[C@](C)(O)C(C)=O. The lowest BCUT2D eigenvalue weighted by molar-refractivity contribution is -0.150. The van der Waals surface area contributed by atoms with Gasteiger partial charge in [-0.3, -0.25) is 9.59 Å². The van der Waals surface area contributed by atoms with Crippen LogP contribution in [-0.4, -0.2) is 22.3 Å². The number of ketones is 2. The van der Waals surface area contributed by atoms with Crippen LogP contribution in [0.3, 0.4) is 0 Å². The van der Waals surface area contributed by atoms with Crippen molar-refractivity contribution in [3.63, 3.8) is 0 Å². The smallest absolute Gasteiger partial charge is 0.178 e. The van der Waals surface area contributed by atoms with Crippen molar-refractivity contribution in [2.75, 3.05) is 0 Å². The molecule has 0 aromatic heterocycles. The predicted octanol–water partition coefficient (Wildman–Crippen LogP) is 3.67. The van der Waals surface area contributed by atoms with Crippen LogP contribution in [-0.2, 0) is 9.59 Å². The van der Waals surface area contributed by atoms with Gasteiger partial charge in [-0.15, -0.1) is 0 Å². The van der Waals surface area contributed by atoms with Gasteiger partial charge in [0.2, 0.25) is 0 Å². The second-order valence-electron chi connectivity index (χ2n) is 5.80. The molecule has 0 saturated carbocycles. The number of Topliss-reactive ketones (excluding diaryl/α,β-unsaturated/α-hetero) is 2. The predicted molar refractivity (Wildman–Crippen MR) is 78.1 cm³/mol. The molecule has 1 N–H and O–H groups in total. The highest BCUT2D eigenvalue weighted by molar-refractivity contribution is 6.09. The van der Waals surface area contributed by atoms with Crippen molar-refractivity contribution in [3.8, 4) is 0 Å². The lowest BCUT2D eigenvalue weighted by atomic mass is 9.85. The summed E-state index contributed by atoms with van der Waals surface area (Å²) in [7, 11) is 0. The fourth-order valence-electron chi connectivity index (χ4n) is 2.19. The fourth-order valence-corrected chi connectivity index (χ4v) is 2.19. The lowest BCUT2D eigenvalue weighted by Crippen LogP contribution is -2.45. The van der Waals surface area contributed by atoms with Gasteiger partial charge in [-0.05, 0) is 20.3 Å². The van der Waals surface area contributed by atoms with E-state index in [2.05, 4.69) is 6.92 Å². The Hall–Kier alpha value is -0.700. The zero-order valence-electron chi connectivity index (χ0n) is 13.0. The minimum Gasteiger partial charge on any atom is -0.375 e. The molecule has 0 aromatic rings. The number of unbranched alkanes of at least 4 members (excludes halogenated alkanes) is 6. The Balaban J connectivity index is 3.83. The molecule has 0 aliphatic rings. The number of hydrogen-bond donors (Lipinski definition) is 1. The Labute approximate surface area is 117 Å². The van der Waals surface area contributed by atoms with Crippen molar-refractivity contribution in [2.45, 2.75) is 84.7 Å². The van der Waals surface area contributed by atoms with Crippen molar-refractivity contribution in [3.05, 3.63) is 0 Å². The first-order chi connectivity index (χ1) is 8.84. The maximum absolute atomic E-state index is 11.9. The molecular weight excluding hydrogens is 240 g/mol. The third kappa shape index (κ3) is 6.86. The average molecular weight is 270 g/mol. The molecule has 0 saturated heterocycles. The molecule has 3 heteroatoms. The molecular formula is C16H30O3. The maximum atomic E-state index is 11.9. The topological polar surface area (TPSA) is 54.4 Å². The van der Waals surface area contributed by atoms with Gasteiger partial charge in [0.05, 0.1) is 0 Å². The summed E-state index contributed by atoms with van der Waals surface area (Å²) in [6, 6.07) is 0. The van der Waals surface area contributed by atoms with Gasteiger partial charge in [-0.25, -0.2) is 0 Å². The van der Waals surface area contributed by atoms with Crippen LogP contribution >= 0.6 is 0 Å². The number of rotatable bonds is 11. The van der Waals surface area contributed by atoms with Gasteiger partial charge in [0.15, 0.2) is 17.2 Å². The molecule has 112 valence electrons. The van der Waals surface area contributed by atoms with E-state index in [9.17, 15) is 14.7 Å². The van der Waals surface area contributed by atoms with Crippen LogP contribution in [0.4, 0.5) is 0 Å². The Kier molecular flexibility index (Phi) is 8.90. The summed E-state index contributed by atoms with van der Waals surface area (Å²) < 4.78 is 0. The first-order valence-electron chi connectivity index (χ1n) is 7.61. The zero-order valence-corrected chi connectivity index (χ0v) is 13.0. The number of hydrogen-bond acceptors (Lipinski definition) is 3. The quantitative estimate of drug-likeness (QED) is 0.460. The largest absolute Gasteiger partial charge is 0.375 e. The normalized spacial score (nSPS) is 15.8. The Morgan fingerprint density at radius 2 is 1.53 bits per heavy atom. The minimum absolute atomic E-state index is 0.241. The molecule has 0 aliphatic carbocycles. The first-order valence-corrected chi connectivity index (χ1v) is 7.61. The van der Waals surface area contributed by atoms with Gasteiger partial charge >= 0.3 is 0 Å². The lowest BCUT2D eigenvalue weighted by Gasteiger charge is -2.22. The first kappa shape index (κ1) is 18.3. The number of carbonyl (C=O) groups is 2. The number of carbonyl (C=O) groups excluding carboxylic acids is 2. The molecule has 2 atom stereocenters. The van der Waals surface area contributed by atoms with Crippen LogP contribution in [0, 0.1) is 5.92 Å². The van der Waals surface area contributed by atoms with E-state index in [-0.39, 0.29) is 11.7 Å². The van der Waals surface area contributed by atoms with Crippen LogP contribution in [0.25, 0.3) is 0 Å². The summed E-state index contributed by atoms with van der Waals surface area (Å²) in [4.78, 5) is 23.2. The van der Waals surface area contributed by atoms with Crippen molar-refractivity contribution >= 4 is 11.6 Å². The molecule has 0 bridgehead atoms. The van der Waals surface area contributed by atoms with E-state index in [1.165, 1.54) is 46.0 Å². The highest BCUT2D eigenvalue weighted by Gasteiger charge is 2.37. The summed E-state index contributed by atoms with van der Waals surface area (Å²) in [5.41, 5.74) is -1.81. The molecule has 0 radical (unpaired) electrons. The van der Waals surface area contributed by atoms with E-state index in [0.29, 0.717) is 0 Å². The van der Waals surface area contributed by atoms with E-state index in [4.69, 9.17) is 0 Å². The van der Waals surface area contributed by atoms with Crippen molar-refractivity contribution < 1.29 is 14.7 Å². The van der Waals surface area contributed by atoms with Gasteiger partial charge in [0, 0.05) is 5.92 Å².